The van der Waals surface area contributed by atoms with Crippen molar-refractivity contribution in [2.45, 2.75) is 32.2 Å². The number of hydrogen-bond donors (Lipinski definition) is 0. The van der Waals surface area contributed by atoms with E-state index in [9.17, 15) is 18.0 Å². The van der Waals surface area contributed by atoms with Gasteiger partial charge >= 0.3 is 0 Å². The second-order valence-electron chi connectivity index (χ2n) is 8.22. The van der Waals surface area contributed by atoms with Crippen molar-refractivity contribution in [3.8, 4) is 17.0 Å². The lowest BCUT2D eigenvalue weighted by Crippen LogP contribution is -2.42. The molecule has 6 nitrogen and oxygen atoms in total. The molecule has 1 aliphatic heterocycles. The third-order valence-electron chi connectivity index (χ3n) is 6.13. The van der Waals surface area contributed by atoms with E-state index in [0.29, 0.717) is 29.8 Å². The SMILES string of the molecule is COc1ccc(-c2cc(C(F)F)n3ncc(C(=O)N4c5ccc(F)cc5CC[C@@H]4C)c3n2)cc1. The van der Waals surface area contributed by atoms with Crippen LogP contribution in [0.5, 0.6) is 5.75 Å². The molecule has 9 heteroatoms. The standard InChI is InChI=1S/C25H21F3N4O2/c1-14-3-4-16-11-17(26)7-10-21(16)31(14)25(33)19-13-29-32-22(23(27)28)12-20(30-24(19)32)15-5-8-18(34-2)9-6-15/h5-14,23H,3-4H2,1-2H3/t14-/m0/s1. The lowest BCUT2D eigenvalue weighted by Gasteiger charge is -2.35. The van der Waals surface area contributed by atoms with Crippen LogP contribution in [-0.4, -0.2) is 33.7 Å². The van der Waals surface area contributed by atoms with Crippen molar-refractivity contribution in [3.63, 3.8) is 0 Å². The van der Waals surface area contributed by atoms with Crippen LogP contribution >= 0.6 is 0 Å². The lowest BCUT2D eigenvalue weighted by atomic mass is 9.96. The van der Waals surface area contributed by atoms with Gasteiger partial charge in [-0.15, -0.1) is 0 Å². The Morgan fingerprint density at radius 2 is 1.91 bits per heavy atom. The third kappa shape index (κ3) is 3.67. The van der Waals surface area contributed by atoms with Gasteiger partial charge in [0.15, 0.2) is 5.65 Å². The summed E-state index contributed by atoms with van der Waals surface area (Å²) >= 11 is 0. The summed E-state index contributed by atoms with van der Waals surface area (Å²) in [5, 5.41) is 4.06. The first-order valence-corrected chi connectivity index (χ1v) is 10.8. The molecular formula is C25H21F3N4O2. The van der Waals surface area contributed by atoms with Gasteiger partial charge in [0.05, 0.1) is 19.0 Å². The van der Waals surface area contributed by atoms with Crippen molar-refractivity contribution in [1.29, 1.82) is 0 Å². The molecular weight excluding hydrogens is 445 g/mol. The van der Waals surface area contributed by atoms with Crippen molar-refractivity contribution in [1.82, 2.24) is 14.6 Å². The maximum Gasteiger partial charge on any atom is 0.280 e. The Balaban J connectivity index is 1.64. The molecule has 34 heavy (non-hydrogen) atoms. The molecule has 5 rings (SSSR count). The summed E-state index contributed by atoms with van der Waals surface area (Å²) in [4.78, 5) is 19.8. The van der Waals surface area contributed by atoms with Crippen molar-refractivity contribution in [2.24, 2.45) is 0 Å². The smallest absolute Gasteiger partial charge is 0.280 e. The number of ether oxygens (including phenoxy) is 1. The van der Waals surface area contributed by atoms with Crippen LogP contribution < -0.4 is 9.64 Å². The summed E-state index contributed by atoms with van der Waals surface area (Å²) in [6.45, 7) is 1.90. The van der Waals surface area contributed by atoms with Crippen LogP contribution in [0.1, 0.15) is 41.4 Å². The quantitative estimate of drug-likeness (QED) is 0.401. The van der Waals surface area contributed by atoms with Crippen LogP contribution in [-0.2, 0) is 6.42 Å². The Labute approximate surface area is 193 Å². The molecule has 1 atom stereocenters. The highest BCUT2D eigenvalue weighted by atomic mass is 19.3. The number of carbonyl (C=O) groups excluding carboxylic acids is 1. The molecule has 3 heterocycles. The predicted octanol–water partition coefficient (Wildman–Crippen LogP) is 5.46. The summed E-state index contributed by atoms with van der Waals surface area (Å²) in [6, 6.07) is 12.2. The number of hydrogen-bond acceptors (Lipinski definition) is 4. The van der Waals surface area contributed by atoms with Gasteiger partial charge in [0.1, 0.15) is 22.8 Å². The van der Waals surface area contributed by atoms with Gasteiger partial charge in [-0.2, -0.15) is 5.10 Å². The zero-order chi connectivity index (χ0) is 24.0. The molecule has 4 aromatic rings. The molecule has 0 unspecified atom stereocenters. The maximum absolute atomic E-state index is 13.9. The Hall–Kier alpha value is -3.88. The molecule has 2 aromatic carbocycles. The molecule has 0 N–H and O–H groups in total. The first-order valence-electron chi connectivity index (χ1n) is 10.8. The largest absolute Gasteiger partial charge is 0.497 e. The molecule has 0 radical (unpaired) electrons. The number of aromatic nitrogens is 3. The van der Waals surface area contributed by atoms with Gasteiger partial charge in [-0.25, -0.2) is 22.7 Å². The average molecular weight is 466 g/mol. The van der Waals surface area contributed by atoms with Gasteiger partial charge in [-0.1, -0.05) is 0 Å². The van der Waals surface area contributed by atoms with Gasteiger partial charge in [0, 0.05) is 17.3 Å². The van der Waals surface area contributed by atoms with Crippen molar-refractivity contribution in [2.75, 3.05) is 12.0 Å². The van der Waals surface area contributed by atoms with Gasteiger partial charge in [-0.3, -0.25) is 4.79 Å². The molecule has 0 fully saturated rings. The van der Waals surface area contributed by atoms with E-state index >= 15 is 0 Å². The number of fused-ring (bicyclic) bond motifs is 2. The minimum atomic E-state index is -2.83. The minimum Gasteiger partial charge on any atom is -0.497 e. The van der Waals surface area contributed by atoms with E-state index in [0.717, 1.165) is 10.1 Å². The fourth-order valence-electron chi connectivity index (χ4n) is 4.36. The van der Waals surface area contributed by atoms with Crippen molar-refractivity contribution >= 4 is 17.2 Å². The number of alkyl halides is 2. The van der Waals surface area contributed by atoms with Crippen LogP contribution in [0.25, 0.3) is 16.9 Å². The highest BCUT2D eigenvalue weighted by Gasteiger charge is 2.32. The Morgan fingerprint density at radius 3 is 2.62 bits per heavy atom. The molecule has 0 spiro atoms. The van der Waals surface area contributed by atoms with E-state index in [4.69, 9.17) is 4.74 Å². The highest BCUT2D eigenvalue weighted by molar-refractivity contribution is 6.10. The Kier molecular flexibility index (Phi) is 5.47. The Morgan fingerprint density at radius 1 is 1.15 bits per heavy atom. The average Bonchev–Trinajstić information content (AvgIpc) is 3.27. The Bertz CT molecular complexity index is 1390. The van der Waals surface area contributed by atoms with E-state index < -0.39 is 12.3 Å². The number of rotatable bonds is 4. The second kappa shape index (κ2) is 8.48. The van der Waals surface area contributed by atoms with Crippen LogP contribution in [0.2, 0.25) is 0 Å². The molecule has 0 aliphatic carbocycles. The number of methoxy groups -OCH3 is 1. The fourth-order valence-corrected chi connectivity index (χ4v) is 4.36. The third-order valence-corrected chi connectivity index (χ3v) is 6.13. The van der Waals surface area contributed by atoms with E-state index in [1.165, 1.54) is 31.5 Å². The van der Waals surface area contributed by atoms with Crippen molar-refractivity contribution in [3.05, 3.63) is 77.4 Å². The summed E-state index contributed by atoms with van der Waals surface area (Å²) in [5.41, 5.74) is 1.97. The summed E-state index contributed by atoms with van der Waals surface area (Å²) in [7, 11) is 1.53. The number of benzene rings is 2. The monoisotopic (exact) mass is 466 g/mol. The highest BCUT2D eigenvalue weighted by Crippen LogP contribution is 2.34. The van der Waals surface area contributed by atoms with Crippen LogP contribution in [0, 0.1) is 5.82 Å². The van der Waals surface area contributed by atoms with E-state index in [1.54, 1.807) is 35.2 Å². The van der Waals surface area contributed by atoms with Crippen LogP contribution in [0.4, 0.5) is 18.9 Å². The number of anilines is 1. The molecule has 0 saturated heterocycles. The summed E-state index contributed by atoms with van der Waals surface area (Å²) in [6.07, 6.45) is -0.280. The normalized spacial score (nSPS) is 15.6. The maximum atomic E-state index is 13.9. The van der Waals surface area contributed by atoms with Crippen molar-refractivity contribution < 1.29 is 22.7 Å². The summed E-state index contributed by atoms with van der Waals surface area (Å²) in [5.74, 6) is -0.174. The number of carbonyl (C=O) groups is 1. The topological polar surface area (TPSA) is 59.7 Å². The molecule has 0 saturated carbocycles. The molecule has 1 amide bonds. The van der Waals surface area contributed by atoms with E-state index in [-0.39, 0.29) is 34.5 Å². The number of amides is 1. The van der Waals surface area contributed by atoms with Gasteiger partial charge in [-0.05, 0) is 73.9 Å². The second-order valence-corrected chi connectivity index (χ2v) is 8.22. The first kappa shape index (κ1) is 21.9. The number of aryl methyl sites for hydroxylation is 1. The van der Waals surface area contributed by atoms with E-state index in [2.05, 4.69) is 10.1 Å². The number of halogens is 3. The molecule has 2 aromatic heterocycles. The predicted molar refractivity (Wildman–Crippen MR) is 121 cm³/mol. The molecule has 0 bridgehead atoms. The summed E-state index contributed by atoms with van der Waals surface area (Å²) < 4.78 is 47.8. The van der Waals surface area contributed by atoms with Gasteiger partial charge < -0.3 is 9.64 Å². The minimum absolute atomic E-state index is 0.0371. The van der Waals surface area contributed by atoms with Crippen LogP contribution in [0.3, 0.4) is 0 Å². The van der Waals surface area contributed by atoms with Gasteiger partial charge in [0.2, 0.25) is 0 Å². The zero-order valence-corrected chi connectivity index (χ0v) is 18.5. The molecule has 174 valence electrons. The van der Waals surface area contributed by atoms with Crippen LogP contribution in [0.15, 0.2) is 54.7 Å². The zero-order valence-electron chi connectivity index (χ0n) is 18.5. The lowest BCUT2D eigenvalue weighted by molar-refractivity contribution is 0.0976. The first-order chi connectivity index (χ1) is 16.4. The van der Waals surface area contributed by atoms with E-state index in [1.807, 2.05) is 6.92 Å². The number of nitrogens with zero attached hydrogens (tertiary/aromatic N) is 4. The van der Waals surface area contributed by atoms with Gasteiger partial charge in [0.25, 0.3) is 12.3 Å². The fraction of sp³-hybridized carbons (Fsp3) is 0.240. The molecule has 1 aliphatic rings.